The molecule has 0 amide bonds. The quantitative estimate of drug-likeness (QED) is 0.248. The predicted octanol–water partition coefficient (Wildman–Crippen LogP) is 3.87. The second-order valence-electron chi connectivity index (χ2n) is 5.88. The van der Waals surface area contributed by atoms with E-state index < -0.39 is 0 Å². The molecule has 2 N–H and O–H groups in total. The Hall–Kier alpha value is -2.09. The van der Waals surface area contributed by atoms with E-state index in [0.717, 1.165) is 36.8 Å². The van der Waals surface area contributed by atoms with Crippen molar-refractivity contribution in [3.63, 3.8) is 0 Å². The van der Waals surface area contributed by atoms with E-state index in [2.05, 4.69) is 47.1 Å². The smallest absolute Gasteiger partial charge is 0.191 e. The summed E-state index contributed by atoms with van der Waals surface area (Å²) in [5.74, 6) is 1.65. The van der Waals surface area contributed by atoms with Crippen LogP contribution < -0.4 is 15.4 Å². The molecule has 0 aliphatic heterocycles. The fourth-order valence-corrected chi connectivity index (χ4v) is 2.53. The van der Waals surface area contributed by atoms with E-state index in [1.54, 1.807) is 6.08 Å². The van der Waals surface area contributed by atoms with Gasteiger partial charge in [0.2, 0.25) is 0 Å². The molecular formula is C21H29IN4O. The molecule has 1 aromatic carbocycles. The molecule has 0 aliphatic rings. The van der Waals surface area contributed by atoms with Crippen molar-refractivity contribution < 1.29 is 4.74 Å². The van der Waals surface area contributed by atoms with E-state index >= 15 is 0 Å². The van der Waals surface area contributed by atoms with Gasteiger partial charge in [0.15, 0.2) is 5.96 Å². The van der Waals surface area contributed by atoms with E-state index in [1.807, 2.05) is 36.7 Å². The predicted molar refractivity (Wildman–Crippen MR) is 123 cm³/mol. The highest BCUT2D eigenvalue weighted by Crippen LogP contribution is 2.18. The Labute approximate surface area is 179 Å². The Bertz CT molecular complexity index is 734. The van der Waals surface area contributed by atoms with Gasteiger partial charge in [0, 0.05) is 31.0 Å². The topological polar surface area (TPSA) is 58.5 Å². The third-order valence-electron chi connectivity index (χ3n) is 3.90. The second-order valence-corrected chi connectivity index (χ2v) is 5.88. The van der Waals surface area contributed by atoms with Crippen molar-refractivity contribution in [3.8, 4) is 5.75 Å². The number of pyridine rings is 1. The highest BCUT2D eigenvalue weighted by atomic mass is 127. The van der Waals surface area contributed by atoms with Crippen LogP contribution >= 0.6 is 24.0 Å². The molecule has 1 heterocycles. The van der Waals surface area contributed by atoms with E-state index in [0.29, 0.717) is 13.2 Å². The summed E-state index contributed by atoms with van der Waals surface area (Å²) in [4.78, 5) is 8.82. The highest BCUT2D eigenvalue weighted by Gasteiger charge is 2.04. The van der Waals surface area contributed by atoms with Crippen LogP contribution in [0.3, 0.4) is 0 Å². The number of para-hydroxylation sites is 1. The standard InChI is InChI=1S/C21H28N4O.HI/c1-4-14-26-20-9-7-6-8-19(20)16-25-21(23-5-2)24-13-11-18-10-12-22-15-17(18)3;/h4,6-10,12,15H,1,5,11,13-14,16H2,2-3H3,(H2,23,24,25);1H. The lowest BCUT2D eigenvalue weighted by Crippen LogP contribution is -2.38. The van der Waals surface area contributed by atoms with Crippen LogP contribution in [0.2, 0.25) is 0 Å². The zero-order chi connectivity index (χ0) is 18.6. The number of halogens is 1. The number of ether oxygens (including phenoxy) is 1. The third-order valence-corrected chi connectivity index (χ3v) is 3.90. The molecule has 0 bridgehead atoms. The fraction of sp³-hybridized carbons (Fsp3) is 0.333. The van der Waals surface area contributed by atoms with Crippen molar-refractivity contribution in [1.29, 1.82) is 0 Å². The molecule has 1 aromatic heterocycles. The molecular weight excluding hydrogens is 451 g/mol. The third kappa shape index (κ3) is 7.99. The van der Waals surface area contributed by atoms with Crippen LogP contribution in [0.4, 0.5) is 0 Å². The lowest BCUT2D eigenvalue weighted by Gasteiger charge is -2.13. The molecule has 27 heavy (non-hydrogen) atoms. The lowest BCUT2D eigenvalue weighted by atomic mass is 10.1. The van der Waals surface area contributed by atoms with Gasteiger partial charge in [-0.25, -0.2) is 4.99 Å². The van der Waals surface area contributed by atoms with Gasteiger partial charge in [0.05, 0.1) is 6.54 Å². The number of hydrogen-bond acceptors (Lipinski definition) is 3. The summed E-state index contributed by atoms with van der Waals surface area (Å²) in [5.41, 5.74) is 3.56. The average molecular weight is 480 g/mol. The van der Waals surface area contributed by atoms with Crippen molar-refractivity contribution in [1.82, 2.24) is 15.6 Å². The molecule has 6 heteroatoms. The number of rotatable bonds is 9. The van der Waals surface area contributed by atoms with E-state index in [4.69, 9.17) is 4.74 Å². The minimum atomic E-state index is 0. The molecule has 0 saturated heterocycles. The van der Waals surface area contributed by atoms with Gasteiger partial charge in [-0.1, -0.05) is 30.9 Å². The molecule has 0 fully saturated rings. The van der Waals surface area contributed by atoms with Gasteiger partial charge >= 0.3 is 0 Å². The van der Waals surface area contributed by atoms with Gasteiger partial charge in [0.25, 0.3) is 0 Å². The van der Waals surface area contributed by atoms with E-state index in [-0.39, 0.29) is 24.0 Å². The van der Waals surface area contributed by atoms with Crippen LogP contribution in [0.1, 0.15) is 23.6 Å². The summed E-state index contributed by atoms with van der Waals surface area (Å²) in [6.07, 6.45) is 6.40. The average Bonchev–Trinajstić information content (AvgIpc) is 2.66. The largest absolute Gasteiger partial charge is 0.489 e. The highest BCUT2D eigenvalue weighted by molar-refractivity contribution is 14.0. The Morgan fingerprint density at radius 1 is 1.22 bits per heavy atom. The number of benzene rings is 1. The van der Waals surface area contributed by atoms with E-state index in [1.165, 1.54) is 11.1 Å². The molecule has 0 radical (unpaired) electrons. The molecule has 2 rings (SSSR count). The summed E-state index contributed by atoms with van der Waals surface area (Å²) < 4.78 is 5.70. The molecule has 146 valence electrons. The van der Waals surface area contributed by atoms with Crippen molar-refractivity contribution in [2.24, 2.45) is 4.99 Å². The summed E-state index contributed by atoms with van der Waals surface area (Å²) in [5, 5.41) is 6.68. The number of aromatic nitrogens is 1. The van der Waals surface area contributed by atoms with Crippen LogP contribution in [0.15, 0.2) is 60.4 Å². The molecule has 0 aliphatic carbocycles. The maximum Gasteiger partial charge on any atom is 0.191 e. The van der Waals surface area contributed by atoms with Crippen LogP contribution in [0.5, 0.6) is 5.75 Å². The Morgan fingerprint density at radius 3 is 2.78 bits per heavy atom. The Balaban J connectivity index is 0.00000364. The first-order valence-corrected chi connectivity index (χ1v) is 8.97. The SMILES string of the molecule is C=CCOc1ccccc1CN=C(NCC)NCCc1ccncc1C.I. The van der Waals surface area contributed by atoms with Gasteiger partial charge < -0.3 is 15.4 Å². The van der Waals surface area contributed by atoms with Crippen LogP contribution in [-0.4, -0.2) is 30.6 Å². The van der Waals surface area contributed by atoms with Gasteiger partial charge in [-0.05, 0) is 43.5 Å². The number of aliphatic imine (C=N–C) groups is 1. The van der Waals surface area contributed by atoms with Crippen molar-refractivity contribution in [3.05, 3.63) is 72.1 Å². The molecule has 0 saturated carbocycles. The maximum absolute atomic E-state index is 5.70. The summed E-state index contributed by atoms with van der Waals surface area (Å²) in [6, 6.07) is 10.0. The zero-order valence-corrected chi connectivity index (χ0v) is 18.4. The van der Waals surface area contributed by atoms with Gasteiger partial charge in [0.1, 0.15) is 12.4 Å². The minimum absolute atomic E-state index is 0. The number of hydrogen-bond donors (Lipinski definition) is 2. The number of nitrogens with one attached hydrogen (secondary N) is 2. The Kier molecular flexibility index (Phi) is 11.2. The van der Waals surface area contributed by atoms with Gasteiger partial charge in [-0.2, -0.15) is 0 Å². The number of guanidine groups is 1. The lowest BCUT2D eigenvalue weighted by molar-refractivity contribution is 0.359. The first-order valence-electron chi connectivity index (χ1n) is 8.97. The maximum atomic E-state index is 5.70. The summed E-state index contributed by atoms with van der Waals surface area (Å²) in [6.45, 7) is 10.5. The summed E-state index contributed by atoms with van der Waals surface area (Å²) >= 11 is 0. The van der Waals surface area contributed by atoms with Gasteiger partial charge in [-0.15, -0.1) is 24.0 Å². The summed E-state index contributed by atoms with van der Waals surface area (Å²) in [7, 11) is 0. The zero-order valence-electron chi connectivity index (χ0n) is 16.1. The minimum Gasteiger partial charge on any atom is -0.489 e. The van der Waals surface area contributed by atoms with Crippen molar-refractivity contribution >= 4 is 29.9 Å². The van der Waals surface area contributed by atoms with Crippen LogP contribution in [0.25, 0.3) is 0 Å². The monoisotopic (exact) mass is 480 g/mol. The first kappa shape index (κ1) is 23.0. The van der Waals surface area contributed by atoms with E-state index in [9.17, 15) is 0 Å². The molecule has 2 aromatic rings. The molecule has 5 nitrogen and oxygen atoms in total. The molecule has 0 atom stereocenters. The van der Waals surface area contributed by atoms with Gasteiger partial charge in [-0.3, -0.25) is 4.98 Å². The molecule has 0 unspecified atom stereocenters. The van der Waals surface area contributed by atoms with Crippen LogP contribution in [-0.2, 0) is 13.0 Å². The van der Waals surface area contributed by atoms with Crippen molar-refractivity contribution in [2.45, 2.75) is 26.8 Å². The second kappa shape index (κ2) is 13.1. The number of aryl methyl sites for hydroxylation is 1. The number of nitrogens with zero attached hydrogens (tertiary/aromatic N) is 2. The normalized spacial score (nSPS) is 10.7. The molecule has 0 spiro atoms. The van der Waals surface area contributed by atoms with Crippen molar-refractivity contribution in [2.75, 3.05) is 19.7 Å². The Morgan fingerprint density at radius 2 is 2.04 bits per heavy atom. The first-order chi connectivity index (χ1) is 12.7. The fourth-order valence-electron chi connectivity index (χ4n) is 2.53. The van der Waals surface area contributed by atoms with Crippen LogP contribution in [0, 0.1) is 6.92 Å².